The summed E-state index contributed by atoms with van der Waals surface area (Å²) in [6.45, 7) is 3.82. The van der Waals surface area contributed by atoms with Crippen LogP contribution in [0, 0.1) is 6.92 Å². The van der Waals surface area contributed by atoms with Crippen LogP contribution in [-0.2, 0) is 4.74 Å². The minimum atomic E-state index is 0.422. The normalized spacial score (nSPS) is 17.8. The van der Waals surface area contributed by atoms with Crippen molar-refractivity contribution in [3.63, 3.8) is 0 Å². The molecular weight excluding hydrogens is 302 g/mol. The number of para-hydroxylation sites is 1. The quantitative estimate of drug-likeness (QED) is 0.739. The van der Waals surface area contributed by atoms with E-state index in [0.717, 1.165) is 42.1 Å². The second-order valence-corrected chi connectivity index (χ2v) is 6.18. The molecule has 1 unspecified atom stereocenters. The summed E-state index contributed by atoms with van der Waals surface area (Å²) in [4.78, 5) is 15.6. The molecule has 0 radical (unpaired) electrons. The van der Waals surface area contributed by atoms with Crippen molar-refractivity contribution in [3.05, 3.63) is 42.7 Å². The van der Waals surface area contributed by atoms with Gasteiger partial charge < -0.3 is 9.64 Å². The highest BCUT2D eigenvalue weighted by Crippen LogP contribution is 2.33. The van der Waals surface area contributed by atoms with Gasteiger partial charge in [-0.05, 0) is 31.9 Å². The summed E-state index contributed by atoms with van der Waals surface area (Å²) < 4.78 is 7.52. The summed E-state index contributed by atoms with van der Waals surface area (Å²) in [5.41, 5.74) is 4.24. The molecule has 1 fully saturated rings. The summed E-state index contributed by atoms with van der Waals surface area (Å²) in [5, 5.41) is 0. The average Bonchev–Trinajstić information content (AvgIpc) is 3.19. The highest BCUT2D eigenvalue weighted by molar-refractivity contribution is 5.90. The predicted octanol–water partition coefficient (Wildman–Crippen LogP) is 2.74. The fourth-order valence-electron chi connectivity index (χ4n) is 3.68. The van der Waals surface area contributed by atoms with Crippen molar-refractivity contribution in [3.8, 4) is 5.69 Å². The van der Waals surface area contributed by atoms with Gasteiger partial charge >= 0.3 is 0 Å². The lowest BCUT2D eigenvalue weighted by Crippen LogP contribution is -2.32. The molecule has 6 heteroatoms. The van der Waals surface area contributed by atoms with Gasteiger partial charge in [-0.1, -0.05) is 6.07 Å². The number of anilines is 1. The van der Waals surface area contributed by atoms with Crippen LogP contribution in [0.3, 0.4) is 0 Å². The Hall–Kier alpha value is -2.47. The Morgan fingerprint density at radius 2 is 2.08 bits per heavy atom. The number of fused-ring (bicyclic) bond motifs is 1. The highest BCUT2D eigenvalue weighted by atomic mass is 16.5. The highest BCUT2D eigenvalue weighted by Gasteiger charge is 2.27. The largest absolute Gasteiger partial charge is 0.383 e. The van der Waals surface area contributed by atoms with E-state index in [1.165, 1.54) is 12.1 Å². The minimum absolute atomic E-state index is 0.422. The number of aryl methyl sites for hydroxylation is 1. The van der Waals surface area contributed by atoms with Crippen LogP contribution in [0.1, 0.15) is 18.7 Å². The lowest BCUT2D eigenvalue weighted by molar-refractivity contribution is 0.181. The third-order valence-electron chi connectivity index (χ3n) is 4.68. The van der Waals surface area contributed by atoms with Crippen LogP contribution in [-0.4, -0.2) is 45.8 Å². The van der Waals surface area contributed by atoms with E-state index in [0.29, 0.717) is 6.04 Å². The molecule has 0 aliphatic carbocycles. The average molecular weight is 323 g/mol. The first-order chi connectivity index (χ1) is 11.8. The molecule has 1 aliphatic rings. The number of imidazole rings is 1. The lowest BCUT2D eigenvalue weighted by Gasteiger charge is -2.26. The zero-order valence-electron chi connectivity index (χ0n) is 14.0. The maximum atomic E-state index is 5.40. The van der Waals surface area contributed by atoms with Gasteiger partial charge in [-0.3, -0.25) is 4.57 Å². The van der Waals surface area contributed by atoms with E-state index in [4.69, 9.17) is 9.72 Å². The molecule has 1 aliphatic heterocycles. The number of aromatic nitrogens is 4. The minimum Gasteiger partial charge on any atom is -0.383 e. The van der Waals surface area contributed by atoms with Gasteiger partial charge in [0.1, 0.15) is 17.7 Å². The molecule has 3 heterocycles. The molecule has 0 spiro atoms. The molecule has 24 heavy (non-hydrogen) atoms. The number of rotatable bonds is 4. The van der Waals surface area contributed by atoms with E-state index >= 15 is 0 Å². The molecular formula is C18H21N5O. The van der Waals surface area contributed by atoms with Gasteiger partial charge in [0.25, 0.3) is 0 Å². The molecule has 1 aromatic carbocycles. The Kier molecular flexibility index (Phi) is 3.90. The van der Waals surface area contributed by atoms with Gasteiger partial charge in [-0.15, -0.1) is 0 Å². The topological polar surface area (TPSA) is 56.1 Å². The molecule has 0 bridgehead atoms. The van der Waals surface area contributed by atoms with Crippen molar-refractivity contribution < 1.29 is 4.74 Å². The number of ether oxygens (including phenoxy) is 1. The third-order valence-corrected chi connectivity index (χ3v) is 4.68. The van der Waals surface area contributed by atoms with Gasteiger partial charge in [0.2, 0.25) is 0 Å². The Morgan fingerprint density at radius 3 is 2.88 bits per heavy atom. The molecule has 1 saturated heterocycles. The first kappa shape index (κ1) is 15.1. The molecule has 1 atom stereocenters. The standard InChI is InChI=1S/C18H21N5O/c1-13-21-18-16(22-8-4-5-14(22)11-24-2)6-3-7-17(18)23(13)15-9-19-12-20-10-15/h3,6-7,9-10,12,14H,4-5,8,11H2,1-2H3. The zero-order chi connectivity index (χ0) is 16.5. The van der Waals surface area contributed by atoms with Crippen molar-refractivity contribution >= 4 is 16.7 Å². The molecule has 3 aromatic rings. The lowest BCUT2D eigenvalue weighted by atomic mass is 10.2. The van der Waals surface area contributed by atoms with E-state index in [1.54, 1.807) is 13.4 Å². The maximum Gasteiger partial charge on any atom is 0.115 e. The number of methoxy groups -OCH3 is 1. The van der Waals surface area contributed by atoms with Crippen molar-refractivity contribution in [1.29, 1.82) is 0 Å². The molecule has 0 N–H and O–H groups in total. The van der Waals surface area contributed by atoms with Crippen molar-refractivity contribution in [2.45, 2.75) is 25.8 Å². The van der Waals surface area contributed by atoms with Crippen molar-refractivity contribution in [2.24, 2.45) is 0 Å². The fourth-order valence-corrected chi connectivity index (χ4v) is 3.68. The molecule has 6 nitrogen and oxygen atoms in total. The second-order valence-electron chi connectivity index (χ2n) is 6.18. The van der Waals surface area contributed by atoms with Crippen molar-refractivity contribution in [2.75, 3.05) is 25.2 Å². The van der Waals surface area contributed by atoms with E-state index < -0.39 is 0 Å². The molecule has 4 rings (SSSR count). The number of benzene rings is 1. The van der Waals surface area contributed by atoms with E-state index in [1.807, 2.05) is 19.3 Å². The summed E-state index contributed by atoms with van der Waals surface area (Å²) in [7, 11) is 1.77. The van der Waals surface area contributed by atoms with Gasteiger partial charge in [-0.25, -0.2) is 15.0 Å². The molecule has 2 aromatic heterocycles. The van der Waals surface area contributed by atoms with Crippen LogP contribution in [0.5, 0.6) is 0 Å². The van der Waals surface area contributed by atoms with Gasteiger partial charge in [0.05, 0.1) is 41.9 Å². The van der Waals surface area contributed by atoms with Crippen LogP contribution in [0.15, 0.2) is 36.9 Å². The van der Waals surface area contributed by atoms with E-state index in [2.05, 4.69) is 37.6 Å². The second kappa shape index (κ2) is 6.20. The summed E-state index contributed by atoms with van der Waals surface area (Å²) in [6.07, 6.45) is 7.53. The Bertz CT molecular complexity index is 845. The van der Waals surface area contributed by atoms with Crippen LogP contribution >= 0.6 is 0 Å². The van der Waals surface area contributed by atoms with E-state index in [-0.39, 0.29) is 0 Å². The van der Waals surface area contributed by atoms with Crippen LogP contribution in [0.2, 0.25) is 0 Å². The third kappa shape index (κ3) is 2.43. The number of hydrogen-bond donors (Lipinski definition) is 0. The Balaban J connectivity index is 1.85. The number of hydrogen-bond acceptors (Lipinski definition) is 5. The van der Waals surface area contributed by atoms with Gasteiger partial charge in [-0.2, -0.15) is 0 Å². The first-order valence-corrected chi connectivity index (χ1v) is 8.28. The van der Waals surface area contributed by atoms with Crippen LogP contribution < -0.4 is 4.90 Å². The SMILES string of the molecule is COCC1CCCN1c1cccc2c1nc(C)n2-c1cncnc1. The van der Waals surface area contributed by atoms with E-state index in [9.17, 15) is 0 Å². The predicted molar refractivity (Wildman–Crippen MR) is 93.6 cm³/mol. The fraction of sp³-hybridized carbons (Fsp3) is 0.389. The molecule has 124 valence electrons. The maximum absolute atomic E-state index is 5.40. The molecule has 0 saturated carbocycles. The molecule has 0 amide bonds. The van der Waals surface area contributed by atoms with Crippen LogP contribution in [0.4, 0.5) is 5.69 Å². The summed E-state index contributed by atoms with van der Waals surface area (Å²) in [6, 6.07) is 6.79. The van der Waals surface area contributed by atoms with Gasteiger partial charge in [0, 0.05) is 13.7 Å². The smallest absolute Gasteiger partial charge is 0.115 e. The summed E-state index contributed by atoms with van der Waals surface area (Å²) in [5.74, 6) is 0.940. The Morgan fingerprint density at radius 1 is 1.25 bits per heavy atom. The Labute approximate surface area is 141 Å². The zero-order valence-corrected chi connectivity index (χ0v) is 14.0. The van der Waals surface area contributed by atoms with Crippen LogP contribution in [0.25, 0.3) is 16.7 Å². The van der Waals surface area contributed by atoms with Gasteiger partial charge in [0.15, 0.2) is 0 Å². The van der Waals surface area contributed by atoms with Crippen molar-refractivity contribution in [1.82, 2.24) is 19.5 Å². The monoisotopic (exact) mass is 323 g/mol. The first-order valence-electron chi connectivity index (χ1n) is 8.28. The number of nitrogens with zero attached hydrogens (tertiary/aromatic N) is 5. The summed E-state index contributed by atoms with van der Waals surface area (Å²) >= 11 is 0.